The molecule has 0 amide bonds. The van der Waals surface area contributed by atoms with Crippen LogP contribution in [0.25, 0.3) is 0 Å². The summed E-state index contributed by atoms with van der Waals surface area (Å²) in [5.41, 5.74) is 5.20. The Bertz CT molecular complexity index is 733. The van der Waals surface area contributed by atoms with Crippen LogP contribution >= 0.6 is 12.2 Å². The Morgan fingerprint density at radius 1 is 0.889 bits per heavy atom. The van der Waals surface area contributed by atoms with Crippen molar-refractivity contribution in [1.29, 1.82) is 0 Å². The monoisotopic (exact) mass is 377 g/mol. The molecule has 1 saturated carbocycles. The van der Waals surface area contributed by atoms with Gasteiger partial charge < -0.3 is 0 Å². The van der Waals surface area contributed by atoms with Gasteiger partial charge in [-0.3, -0.25) is 0 Å². The molecule has 3 rings (SSSR count). The molecule has 1 nitrogen and oxygen atoms in total. The van der Waals surface area contributed by atoms with Crippen LogP contribution in [-0.2, 0) is 12.8 Å². The molecule has 1 aliphatic carbocycles. The van der Waals surface area contributed by atoms with Crippen molar-refractivity contribution in [3.8, 4) is 0 Å². The van der Waals surface area contributed by atoms with Crippen molar-refractivity contribution >= 4 is 23.1 Å². The zero-order chi connectivity index (χ0) is 18.9. The van der Waals surface area contributed by atoms with E-state index in [1.165, 1.54) is 56.1 Å². The maximum absolute atomic E-state index is 4.65. The van der Waals surface area contributed by atoms with Crippen molar-refractivity contribution in [3.63, 3.8) is 0 Å². The van der Waals surface area contributed by atoms with Crippen molar-refractivity contribution < 1.29 is 0 Å². The summed E-state index contributed by atoms with van der Waals surface area (Å²) in [5.74, 6) is 1.77. The molecule has 0 unspecified atom stereocenters. The predicted octanol–water partition coefficient (Wildman–Crippen LogP) is 7.67. The predicted molar refractivity (Wildman–Crippen MR) is 119 cm³/mol. The second kappa shape index (κ2) is 10.5. The Balaban J connectivity index is 1.48. The lowest BCUT2D eigenvalue weighted by Crippen LogP contribution is -2.13. The van der Waals surface area contributed by atoms with E-state index < -0.39 is 0 Å². The summed E-state index contributed by atoms with van der Waals surface area (Å²) in [5, 5.41) is 2.41. The summed E-state index contributed by atoms with van der Waals surface area (Å²) in [4.78, 5) is 4.00. The highest BCUT2D eigenvalue weighted by atomic mass is 32.1. The SMILES string of the molecule is CCCC[C@H]1CC[C@H](c2ccc(CCc3ccc(N=C=S)cc3)cc2)CC1. The van der Waals surface area contributed by atoms with Crippen LogP contribution in [0.4, 0.5) is 5.69 Å². The fourth-order valence-corrected chi connectivity index (χ4v) is 4.42. The minimum atomic E-state index is 0.784. The van der Waals surface area contributed by atoms with E-state index in [0.717, 1.165) is 30.4 Å². The number of isothiocyanates is 1. The summed E-state index contributed by atoms with van der Waals surface area (Å²) < 4.78 is 0. The number of rotatable bonds is 8. The van der Waals surface area contributed by atoms with E-state index in [4.69, 9.17) is 0 Å². The van der Waals surface area contributed by atoms with Gasteiger partial charge in [-0.1, -0.05) is 62.6 Å². The molecule has 0 bridgehead atoms. The summed E-state index contributed by atoms with van der Waals surface area (Å²) >= 11 is 4.65. The Kier molecular flexibility index (Phi) is 7.80. The molecule has 0 aromatic heterocycles. The van der Waals surface area contributed by atoms with Gasteiger partial charge in [0.2, 0.25) is 0 Å². The summed E-state index contributed by atoms with van der Waals surface area (Å²) in [7, 11) is 0. The largest absolute Gasteiger partial charge is 0.195 e. The summed E-state index contributed by atoms with van der Waals surface area (Å²) in [6, 6.07) is 17.7. The Labute approximate surface area is 169 Å². The molecule has 0 atom stereocenters. The molecule has 2 aromatic carbocycles. The minimum absolute atomic E-state index is 0.784. The molecule has 0 saturated heterocycles. The van der Waals surface area contributed by atoms with E-state index in [2.05, 4.69) is 65.7 Å². The first kappa shape index (κ1) is 20.0. The van der Waals surface area contributed by atoms with E-state index in [1.807, 2.05) is 12.1 Å². The van der Waals surface area contributed by atoms with Crippen LogP contribution in [0.3, 0.4) is 0 Å². The topological polar surface area (TPSA) is 12.4 Å². The van der Waals surface area contributed by atoms with Crippen molar-refractivity contribution in [2.45, 2.75) is 70.6 Å². The maximum atomic E-state index is 4.65. The van der Waals surface area contributed by atoms with Gasteiger partial charge in [0.05, 0.1) is 10.8 Å². The van der Waals surface area contributed by atoms with Gasteiger partial charge >= 0.3 is 0 Å². The molecule has 0 spiro atoms. The first-order chi connectivity index (χ1) is 13.3. The number of nitrogens with zero attached hydrogens (tertiary/aromatic N) is 1. The van der Waals surface area contributed by atoms with Crippen LogP contribution in [0.1, 0.15) is 74.5 Å². The fourth-order valence-electron chi connectivity index (χ4n) is 4.31. The van der Waals surface area contributed by atoms with Crippen LogP contribution < -0.4 is 0 Å². The number of hydrogen-bond donors (Lipinski definition) is 0. The van der Waals surface area contributed by atoms with E-state index in [0.29, 0.717) is 0 Å². The second-order valence-corrected chi connectivity index (χ2v) is 8.15. The van der Waals surface area contributed by atoms with Gasteiger partial charge in [-0.25, -0.2) is 0 Å². The first-order valence-corrected chi connectivity index (χ1v) is 10.9. The third-order valence-corrected chi connectivity index (χ3v) is 6.17. The molecule has 27 heavy (non-hydrogen) atoms. The lowest BCUT2D eigenvalue weighted by atomic mass is 9.77. The number of hydrogen-bond acceptors (Lipinski definition) is 2. The summed E-state index contributed by atoms with van der Waals surface area (Å²) in [6.07, 6.45) is 11.9. The zero-order valence-electron chi connectivity index (χ0n) is 16.5. The highest BCUT2D eigenvalue weighted by Gasteiger charge is 2.21. The van der Waals surface area contributed by atoms with Crippen LogP contribution in [0.5, 0.6) is 0 Å². The van der Waals surface area contributed by atoms with Crippen molar-refractivity contribution in [2.75, 3.05) is 0 Å². The fraction of sp³-hybridized carbons (Fsp3) is 0.480. The van der Waals surface area contributed by atoms with Gasteiger partial charge in [0.25, 0.3) is 0 Å². The van der Waals surface area contributed by atoms with Crippen LogP contribution in [0.2, 0.25) is 0 Å². The van der Waals surface area contributed by atoms with Gasteiger partial charge in [0, 0.05) is 0 Å². The lowest BCUT2D eigenvalue weighted by molar-refractivity contribution is 0.304. The number of unbranched alkanes of at least 4 members (excludes halogenated alkanes) is 1. The smallest absolute Gasteiger partial charge is 0.0739 e. The highest BCUT2D eigenvalue weighted by Crippen LogP contribution is 2.37. The van der Waals surface area contributed by atoms with Gasteiger partial charge in [-0.05, 0) is 91.4 Å². The van der Waals surface area contributed by atoms with Crippen LogP contribution in [0, 0.1) is 5.92 Å². The van der Waals surface area contributed by atoms with Crippen LogP contribution in [0.15, 0.2) is 53.5 Å². The van der Waals surface area contributed by atoms with Crippen molar-refractivity contribution in [3.05, 3.63) is 65.2 Å². The van der Waals surface area contributed by atoms with E-state index in [1.54, 1.807) is 5.56 Å². The first-order valence-electron chi connectivity index (χ1n) is 10.5. The molecule has 2 aromatic rings. The molecule has 0 radical (unpaired) electrons. The lowest BCUT2D eigenvalue weighted by Gasteiger charge is -2.29. The standard InChI is InChI=1S/C25H31NS/c1-2-3-4-20-7-13-23(14-8-20)24-15-9-21(10-16-24)5-6-22-11-17-25(18-12-22)26-19-27/h9-12,15-18,20,23H,2-8,13-14H2,1H3/t20-,23-. The molecule has 0 aliphatic heterocycles. The Hall–Kier alpha value is -1.76. The number of thiocarbonyl (C=S) groups is 1. The highest BCUT2D eigenvalue weighted by molar-refractivity contribution is 7.78. The number of aryl methyl sites for hydroxylation is 2. The Morgan fingerprint density at radius 2 is 1.48 bits per heavy atom. The van der Waals surface area contributed by atoms with Gasteiger partial charge in [-0.2, -0.15) is 4.99 Å². The average molecular weight is 378 g/mol. The zero-order valence-corrected chi connectivity index (χ0v) is 17.3. The minimum Gasteiger partial charge on any atom is -0.195 e. The third kappa shape index (κ3) is 6.13. The molecule has 2 heteroatoms. The third-order valence-electron chi connectivity index (χ3n) is 6.08. The summed E-state index contributed by atoms with van der Waals surface area (Å²) in [6.45, 7) is 2.30. The van der Waals surface area contributed by atoms with Gasteiger partial charge in [0.15, 0.2) is 0 Å². The van der Waals surface area contributed by atoms with E-state index in [-0.39, 0.29) is 0 Å². The molecule has 1 fully saturated rings. The Morgan fingerprint density at radius 3 is 2.04 bits per heavy atom. The van der Waals surface area contributed by atoms with Crippen LogP contribution in [-0.4, -0.2) is 5.16 Å². The van der Waals surface area contributed by atoms with E-state index >= 15 is 0 Å². The molecule has 0 N–H and O–H groups in total. The molecule has 1 aliphatic rings. The van der Waals surface area contributed by atoms with E-state index in [9.17, 15) is 0 Å². The second-order valence-electron chi connectivity index (χ2n) is 7.97. The molecular formula is C25H31NS. The molecule has 0 heterocycles. The molecular weight excluding hydrogens is 346 g/mol. The number of benzene rings is 2. The normalized spacial score (nSPS) is 19.4. The molecule has 142 valence electrons. The maximum Gasteiger partial charge on any atom is 0.0739 e. The van der Waals surface area contributed by atoms with Gasteiger partial charge in [-0.15, -0.1) is 0 Å². The van der Waals surface area contributed by atoms with Crippen molar-refractivity contribution in [1.82, 2.24) is 0 Å². The quantitative estimate of drug-likeness (QED) is 0.339. The number of aliphatic imine (C=N–C) groups is 1. The average Bonchev–Trinajstić information content (AvgIpc) is 2.73. The van der Waals surface area contributed by atoms with Crippen molar-refractivity contribution in [2.24, 2.45) is 10.9 Å². The van der Waals surface area contributed by atoms with Gasteiger partial charge in [0.1, 0.15) is 0 Å².